The highest BCUT2D eigenvalue weighted by molar-refractivity contribution is 5.94. The molecule has 5 nitrogen and oxygen atoms in total. The Kier molecular flexibility index (Phi) is 3.94. The Labute approximate surface area is 106 Å². The van der Waals surface area contributed by atoms with Crippen LogP contribution in [-0.2, 0) is 11.2 Å². The van der Waals surface area contributed by atoms with Crippen molar-refractivity contribution in [1.29, 1.82) is 0 Å². The van der Waals surface area contributed by atoms with Gasteiger partial charge in [0.1, 0.15) is 0 Å². The molecule has 3 amide bonds. The predicted octanol–water partition coefficient (Wildman–Crippen LogP) is 0.848. The monoisotopic (exact) mass is 247 g/mol. The Hall–Kier alpha value is -1.88. The number of urea groups is 1. The van der Waals surface area contributed by atoms with Crippen LogP contribution in [0.3, 0.4) is 0 Å². The van der Waals surface area contributed by atoms with Gasteiger partial charge in [-0.3, -0.25) is 10.1 Å². The summed E-state index contributed by atoms with van der Waals surface area (Å²) in [5.74, 6) is -0.398. The zero-order valence-corrected chi connectivity index (χ0v) is 10.1. The molecule has 0 aliphatic heterocycles. The molecular formula is C13H17N3O2. The molecule has 4 N–H and O–H groups in total. The van der Waals surface area contributed by atoms with E-state index in [9.17, 15) is 9.59 Å². The molecule has 96 valence electrons. The van der Waals surface area contributed by atoms with Crippen LogP contribution in [0.15, 0.2) is 24.3 Å². The first-order valence-corrected chi connectivity index (χ1v) is 6.07. The van der Waals surface area contributed by atoms with E-state index in [1.165, 1.54) is 11.1 Å². The minimum absolute atomic E-state index is 0.0991. The first kappa shape index (κ1) is 12.6. The van der Waals surface area contributed by atoms with Gasteiger partial charge in [-0.15, -0.1) is 0 Å². The lowest BCUT2D eigenvalue weighted by atomic mass is 9.88. The summed E-state index contributed by atoms with van der Waals surface area (Å²) in [5.41, 5.74) is 7.46. The van der Waals surface area contributed by atoms with Crippen LogP contribution in [0.25, 0.3) is 0 Å². The van der Waals surface area contributed by atoms with Crippen molar-refractivity contribution in [2.24, 2.45) is 5.73 Å². The van der Waals surface area contributed by atoms with Gasteiger partial charge >= 0.3 is 6.03 Å². The van der Waals surface area contributed by atoms with Gasteiger partial charge < -0.3 is 11.1 Å². The van der Waals surface area contributed by atoms with E-state index in [1.807, 2.05) is 17.4 Å². The van der Waals surface area contributed by atoms with E-state index in [0.717, 1.165) is 19.3 Å². The zero-order valence-electron chi connectivity index (χ0n) is 10.1. The average molecular weight is 247 g/mol. The molecule has 0 saturated carbocycles. The standard InChI is InChI=1S/C13H17N3O2/c14-13(18)16-12(17)8-15-11-7-3-5-9-4-1-2-6-10(9)11/h1-2,4,6,11,15H,3,5,7-8H2,(H3,14,16,17,18). The first-order valence-electron chi connectivity index (χ1n) is 6.07. The van der Waals surface area contributed by atoms with Gasteiger partial charge in [-0.25, -0.2) is 4.79 Å². The summed E-state index contributed by atoms with van der Waals surface area (Å²) in [6, 6.07) is 7.59. The molecule has 0 bridgehead atoms. The molecule has 1 unspecified atom stereocenters. The number of benzene rings is 1. The normalized spacial score (nSPS) is 17.9. The lowest BCUT2D eigenvalue weighted by molar-refractivity contribution is -0.119. The van der Waals surface area contributed by atoms with Crippen LogP contribution in [0.2, 0.25) is 0 Å². The summed E-state index contributed by atoms with van der Waals surface area (Å²) >= 11 is 0. The second-order valence-electron chi connectivity index (χ2n) is 4.44. The third kappa shape index (κ3) is 3.07. The molecule has 1 aliphatic carbocycles. The van der Waals surface area contributed by atoms with Crippen LogP contribution in [0.1, 0.15) is 30.0 Å². The van der Waals surface area contributed by atoms with Crippen LogP contribution in [0.5, 0.6) is 0 Å². The van der Waals surface area contributed by atoms with E-state index in [1.54, 1.807) is 0 Å². The van der Waals surface area contributed by atoms with Crippen molar-refractivity contribution >= 4 is 11.9 Å². The molecule has 1 aliphatic rings. The van der Waals surface area contributed by atoms with Crippen molar-refractivity contribution in [3.05, 3.63) is 35.4 Å². The third-order valence-electron chi connectivity index (χ3n) is 3.14. The number of imide groups is 1. The van der Waals surface area contributed by atoms with Crippen LogP contribution >= 0.6 is 0 Å². The van der Waals surface area contributed by atoms with Crippen molar-refractivity contribution in [1.82, 2.24) is 10.6 Å². The highest BCUT2D eigenvalue weighted by Gasteiger charge is 2.19. The Morgan fingerprint density at radius 3 is 2.89 bits per heavy atom. The number of amides is 3. The lowest BCUT2D eigenvalue weighted by Gasteiger charge is -2.26. The molecule has 0 fully saturated rings. The fourth-order valence-corrected chi connectivity index (χ4v) is 2.36. The van der Waals surface area contributed by atoms with E-state index >= 15 is 0 Å². The fraction of sp³-hybridized carbons (Fsp3) is 0.385. The first-order chi connectivity index (χ1) is 8.66. The molecule has 2 rings (SSSR count). The number of fused-ring (bicyclic) bond motifs is 1. The minimum atomic E-state index is -0.814. The number of rotatable bonds is 3. The Morgan fingerprint density at radius 1 is 1.33 bits per heavy atom. The summed E-state index contributed by atoms with van der Waals surface area (Å²) in [6.45, 7) is 0.0991. The molecule has 1 atom stereocenters. The second kappa shape index (κ2) is 5.64. The Bertz CT molecular complexity index is 459. The average Bonchev–Trinajstić information content (AvgIpc) is 2.35. The molecule has 0 saturated heterocycles. The van der Waals surface area contributed by atoms with Crippen molar-refractivity contribution in [2.45, 2.75) is 25.3 Å². The summed E-state index contributed by atoms with van der Waals surface area (Å²) in [5, 5.41) is 5.21. The number of nitrogens with one attached hydrogen (secondary N) is 2. The maximum atomic E-state index is 11.3. The van der Waals surface area contributed by atoms with E-state index in [-0.39, 0.29) is 12.6 Å². The minimum Gasteiger partial charge on any atom is -0.351 e. The summed E-state index contributed by atoms with van der Waals surface area (Å²) in [4.78, 5) is 21.9. The number of hydrogen-bond donors (Lipinski definition) is 3. The highest BCUT2D eigenvalue weighted by Crippen LogP contribution is 2.28. The number of nitrogens with two attached hydrogens (primary N) is 1. The number of aryl methyl sites for hydroxylation is 1. The van der Waals surface area contributed by atoms with E-state index < -0.39 is 11.9 Å². The van der Waals surface area contributed by atoms with Gasteiger partial charge in [-0.1, -0.05) is 24.3 Å². The van der Waals surface area contributed by atoms with Gasteiger partial charge in [0.15, 0.2) is 0 Å². The van der Waals surface area contributed by atoms with Crippen LogP contribution in [0.4, 0.5) is 4.79 Å². The van der Waals surface area contributed by atoms with Gasteiger partial charge in [0.25, 0.3) is 0 Å². The van der Waals surface area contributed by atoms with Gasteiger partial charge in [0, 0.05) is 6.04 Å². The topological polar surface area (TPSA) is 84.2 Å². The van der Waals surface area contributed by atoms with Crippen molar-refractivity contribution in [3.63, 3.8) is 0 Å². The Morgan fingerprint density at radius 2 is 2.11 bits per heavy atom. The SMILES string of the molecule is NC(=O)NC(=O)CNC1CCCc2ccccc21. The number of carbonyl (C=O) groups is 2. The summed E-state index contributed by atoms with van der Waals surface area (Å²) in [7, 11) is 0. The highest BCUT2D eigenvalue weighted by atomic mass is 16.2. The molecule has 1 aromatic carbocycles. The van der Waals surface area contributed by atoms with Crippen molar-refractivity contribution < 1.29 is 9.59 Å². The summed E-state index contributed by atoms with van der Waals surface area (Å²) < 4.78 is 0. The molecule has 0 heterocycles. The molecule has 18 heavy (non-hydrogen) atoms. The van der Waals surface area contributed by atoms with Crippen molar-refractivity contribution in [2.75, 3.05) is 6.54 Å². The smallest absolute Gasteiger partial charge is 0.318 e. The second-order valence-corrected chi connectivity index (χ2v) is 4.44. The number of hydrogen-bond acceptors (Lipinski definition) is 3. The van der Waals surface area contributed by atoms with E-state index in [4.69, 9.17) is 5.73 Å². The fourth-order valence-electron chi connectivity index (χ4n) is 2.36. The molecule has 0 radical (unpaired) electrons. The number of carbonyl (C=O) groups excluding carboxylic acids is 2. The Balaban J connectivity index is 1.95. The maximum Gasteiger partial charge on any atom is 0.318 e. The van der Waals surface area contributed by atoms with Crippen LogP contribution in [0, 0.1) is 0 Å². The molecular weight excluding hydrogens is 230 g/mol. The van der Waals surface area contributed by atoms with Crippen molar-refractivity contribution in [3.8, 4) is 0 Å². The van der Waals surface area contributed by atoms with E-state index in [0.29, 0.717) is 0 Å². The molecule has 0 spiro atoms. The predicted molar refractivity (Wildman–Crippen MR) is 67.8 cm³/mol. The van der Waals surface area contributed by atoms with E-state index in [2.05, 4.69) is 17.4 Å². The van der Waals surface area contributed by atoms with Gasteiger partial charge in [-0.05, 0) is 30.4 Å². The molecule has 1 aromatic rings. The summed E-state index contributed by atoms with van der Waals surface area (Å²) in [6.07, 6.45) is 3.19. The third-order valence-corrected chi connectivity index (χ3v) is 3.14. The maximum absolute atomic E-state index is 11.3. The zero-order chi connectivity index (χ0) is 13.0. The largest absolute Gasteiger partial charge is 0.351 e. The number of primary amides is 1. The van der Waals surface area contributed by atoms with Gasteiger partial charge in [0.2, 0.25) is 5.91 Å². The molecule has 5 heteroatoms. The van der Waals surface area contributed by atoms with Gasteiger partial charge in [0.05, 0.1) is 6.54 Å². The quantitative estimate of drug-likeness (QED) is 0.740. The van der Waals surface area contributed by atoms with Crippen LogP contribution in [-0.4, -0.2) is 18.5 Å². The molecule has 0 aromatic heterocycles. The van der Waals surface area contributed by atoms with Crippen LogP contribution < -0.4 is 16.4 Å². The van der Waals surface area contributed by atoms with Gasteiger partial charge in [-0.2, -0.15) is 0 Å². The lowest BCUT2D eigenvalue weighted by Crippen LogP contribution is -2.41.